The van der Waals surface area contributed by atoms with E-state index in [2.05, 4.69) is 5.10 Å². The Morgan fingerprint density at radius 2 is 1.84 bits per heavy atom. The fourth-order valence-electron chi connectivity index (χ4n) is 2.95. The van der Waals surface area contributed by atoms with Crippen molar-refractivity contribution < 1.29 is 21.6 Å². The molecule has 0 spiro atoms. The molecular weight excluding hydrogens is 368 g/mol. The number of sulfone groups is 2. The summed E-state index contributed by atoms with van der Waals surface area (Å²) in [6.45, 7) is 3.52. The van der Waals surface area contributed by atoms with E-state index in [1.54, 1.807) is 6.92 Å². The highest BCUT2D eigenvalue weighted by Crippen LogP contribution is 2.36. The molecule has 1 aliphatic rings. The molecule has 1 unspecified atom stereocenters. The SMILES string of the molecule is CCn1[nH]cc(C(=O)C2CC=C(S(C)(=O)=O)C(S(C)(=O)=O)=C2C)c1=O. The van der Waals surface area contributed by atoms with Gasteiger partial charge in [0.2, 0.25) is 0 Å². The van der Waals surface area contributed by atoms with Gasteiger partial charge in [0.25, 0.3) is 5.56 Å². The van der Waals surface area contributed by atoms with Crippen LogP contribution in [0.15, 0.2) is 32.5 Å². The van der Waals surface area contributed by atoms with E-state index in [0.29, 0.717) is 6.54 Å². The van der Waals surface area contributed by atoms with E-state index in [1.165, 1.54) is 23.9 Å². The van der Waals surface area contributed by atoms with Crippen molar-refractivity contribution in [3.05, 3.63) is 43.6 Å². The Hall–Kier alpha value is -1.94. The van der Waals surface area contributed by atoms with Gasteiger partial charge < -0.3 is 5.10 Å². The summed E-state index contributed by atoms with van der Waals surface area (Å²) in [5.74, 6) is -1.43. The van der Waals surface area contributed by atoms with Gasteiger partial charge >= 0.3 is 0 Å². The molecule has 0 bridgehead atoms. The van der Waals surface area contributed by atoms with Gasteiger partial charge in [-0.05, 0) is 25.8 Å². The van der Waals surface area contributed by atoms with E-state index in [-0.39, 0.29) is 27.4 Å². The average molecular weight is 388 g/mol. The number of hydrogen-bond donors (Lipinski definition) is 1. The lowest BCUT2D eigenvalue weighted by atomic mass is 9.86. The van der Waals surface area contributed by atoms with E-state index in [9.17, 15) is 26.4 Å². The van der Waals surface area contributed by atoms with Gasteiger partial charge in [0.1, 0.15) is 5.56 Å². The predicted molar refractivity (Wildman–Crippen MR) is 93.6 cm³/mol. The van der Waals surface area contributed by atoms with Gasteiger partial charge in [-0.1, -0.05) is 6.08 Å². The third-order valence-corrected chi connectivity index (χ3v) is 6.73. The summed E-state index contributed by atoms with van der Waals surface area (Å²) in [4.78, 5) is 24.3. The molecule has 0 aliphatic heterocycles. The number of aromatic nitrogens is 2. The third kappa shape index (κ3) is 3.54. The molecule has 8 nitrogen and oxygen atoms in total. The molecule has 2 rings (SSSR count). The van der Waals surface area contributed by atoms with Crippen molar-refractivity contribution >= 4 is 25.5 Å². The second-order valence-corrected chi connectivity index (χ2v) is 9.95. The summed E-state index contributed by atoms with van der Waals surface area (Å²) in [5.41, 5.74) is -0.423. The van der Waals surface area contributed by atoms with Gasteiger partial charge in [-0.15, -0.1) is 0 Å². The maximum atomic E-state index is 12.7. The van der Waals surface area contributed by atoms with Gasteiger partial charge in [0.05, 0.1) is 9.81 Å². The van der Waals surface area contributed by atoms with Gasteiger partial charge in [0.15, 0.2) is 25.5 Å². The van der Waals surface area contributed by atoms with Crippen LogP contribution in [-0.2, 0) is 26.2 Å². The molecule has 0 amide bonds. The second kappa shape index (κ2) is 6.41. The van der Waals surface area contributed by atoms with Crippen LogP contribution in [0.5, 0.6) is 0 Å². The molecule has 1 aromatic rings. The summed E-state index contributed by atoms with van der Waals surface area (Å²) in [5, 5.41) is 2.67. The normalized spacial score (nSPS) is 19.0. The summed E-state index contributed by atoms with van der Waals surface area (Å²) in [6.07, 6.45) is 4.37. The van der Waals surface area contributed by atoms with Gasteiger partial charge in [0, 0.05) is 31.2 Å². The number of aryl methyl sites for hydroxylation is 1. The minimum Gasteiger partial charge on any atom is -0.302 e. The van der Waals surface area contributed by atoms with Crippen LogP contribution in [0.4, 0.5) is 0 Å². The number of allylic oxidation sites excluding steroid dienone is 2. The Kier molecular flexibility index (Phi) is 4.97. The predicted octanol–water partition coefficient (Wildman–Crippen LogP) is 0.646. The lowest BCUT2D eigenvalue weighted by Gasteiger charge is -2.24. The smallest absolute Gasteiger partial charge is 0.277 e. The molecule has 1 aliphatic carbocycles. The van der Waals surface area contributed by atoms with Crippen molar-refractivity contribution in [3.63, 3.8) is 0 Å². The Labute approximate surface area is 146 Å². The van der Waals surface area contributed by atoms with Crippen LogP contribution in [0.25, 0.3) is 0 Å². The Morgan fingerprint density at radius 3 is 2.28 bits per heavy atom. The van der Waals surface area contributed by atoms with Crippen LogP contribution in [0.2, 0.25) is 0 Å². The number of rotatable bonds is 5. The molecule has 0 fully saturated rings. The monoisotopic (exact) mass is 388 g/mol. The summed E-state index contributed by atoms with van der Waals surface area (Å²) in [6, 6.07) is 0. The first-order valence-electron chi connectivity index (χ1n) is 7.53. The van der Waals surface area contributed by atoms with E-state index in [1.807, 2.05) is 0 Å². The third-order valence-electron chi connectivity index (χ3n) is 4.15. The zero-order valence-corrected chi connectivity index (χ0v) is 16.0. The molecule has 138 valence electrons. The highest BCUT2D eigenvalue weighted by Gasteiger charge is 2.36. The average Bonchev–Trinajstić information content (AvgIpc) is 2.84. The number of hydrogen-bond acceptors (Lipinski definition) is 6. The summed E-state index contributed by atoms with van der Waals surface area (Å²) < 4.78 is 49.4. The maximum absolute atomic E-state index is 12.7. The van der Waals surface area contributed by atoms with Crippen molar-refractivity contribution in [1.82, 2.24) is 9.78 Å². The molecule has 1 aromatic heterocycles. The lowest BCUT2D eigenvalue weighted by Crippen LogP contribution is -2.28. The first-order chi connectivity index (χ1) is 11.4. The van der Waals surface area contributed by atoms with Crippen LogP contribution < -0.4 is 5.56 Å². The zero-order chi connectivity index (χ0) is 19.2. The van der Waals surface area contributed by atoms with E-state index < -0.39 is 36.9 Å². The topological polar surface area (TPSA) is 123 Å². The number of carbonyl (C=O) groups excluding carboxylic acids is 1. The number of aromatic amines is 1. The molecule has 10 heteroatoms. The zero-order valence-electron chi connectivity index (χ0n) is 14.4. The van der Waals surface area contributed by atoms with E-state index >= 15 is 0 Å². The van der Waals surface area contributed by atoms with E-state index in [0.717, 1.165) is 12.5 Å². The number of nitrogens with zero attached hydrogens (tertiary/aromatic N) is 1. The number of carbonyl (C=O) groups is 1. The molecule has 1 N–H and O–H groups in total. The van der Waals surface area contributed by atoms with Crippen molar-refractivity contribution in [2.24, 2.45) is 5.92 Å². The molecular formula is C15H20N2O6S2. The van der Waals surface area contributed by atoms with Crippen molar-refractivity contribution in [3.8, 4) is 0 Å². The quantitative estimate of drug-likeness (QED) is 0.739. The van der Waals surface area contributed by atoms with Crippen LogP contribution >= 0.6 is 0 Å². The van der Waals surface area contributed by atoms with Gasteiger partial charge in [-0.25, -0.2) is 16.8 Å². The van der Waals surface area contributed by atoms with Gasteiger partial charge in [-0.2, -0.15) is 0 Å². The first-order valence-corrected chi connectivity index (χ1v) is 11.3. The maximum Gasteiger partial charge on any atom is 0.277 e. The van der Waals surface area contributed by atoms with Crippen molar-refractivity contribution in [2.45, 2.75) is 26.8 Å². The van der Waals surface area contributed by atoms with E-state index in [4.69, 9.17) is 0 Å². The van der Waals surface area contributed by atoms with Crippen LogP contribution in [0, 0.1) is 5.92 Å². The highest BCUT2D eigenvalue weighted by molar-refractivity contribution is 8.00. The fraction of sp³-hybridized carbons (Fsp3) is 0.467. The molecule has 1 atom stereocenters. The number of Topliss-reactive ketones (excluding diaryl/α,β-unsaturated/α-hetero) is 1. The van der Waals surface area contributed by atoms with Crippen molar-refractivity contribution in [1.29, 1.82) is 0 Å². The van der Waals surface area contributed by atoms with Gasteiger partial charge in [-0.3, -0.25) is 14.3 Å². The molecule has 0 aromatic carbocycles. The first kappa shape index (κ1) is 19.4. The number of H-pyrrole nitrogens is 1. The largest absolute Gasteiger partial charge is 0.302 e. The minimum absolute atomic E-state index is 0.0167. The molecule has 0 saturated carbocycles. The molecule has 25 heavy (non-hydrogen) atoms. The summed E-state index contributed by atoms with van der Waals surface area (Å²) >= 11 is 0. The summed E-state index contributed by atoms with van der Waals surface area (Å²) in [7, 11) is -7.65. The molecule has 0 radical (unpaired) electrons. The van der Waals surface area contributed by atoms with Crippen LogP contribution in [0.3, 0.4) is 0 Å². The number of nitrogens with one attached hydrogen (secondary N) is 1. The Bertz CT molecular complexity index is 1050. The lowest BCUT2D eigenvalue weighted by molar-refractivity contribution is 0.0938. The van der Waals surface area contributed by atoms with Crippen LogP contribution in [0.1, 0.15) is 30.6 Å². The van der Waals surface area contributed by atoms with Crippen LogP contribution in [-0.4, -0.2) is 44.9 Å². The van der Waals surface area contributed by atoms with Crippen molar-refractivity contribution in [2.75, 3.05) is 12.5 Å². The molecule has 0 saturated heterocycles. The minimum atomic E-state index is -3.88. The Morgan fingerprint density at radius 1 is 1.24 bits per heavy atom. The molecule has 1 heterocycles. The highest BCUT2D eigenvalue weighted by atomic mass is 32.2. The Balaban J connectivity index is 2.61. The second-order valence-electron chi connectivity index (χ2n) is 6.01. The number of ketones is 1. The standard InChI is InChI=1S/C15H20N2O6S2/c1-5-17-15(19)11(8-16-17)13(18)10-6-7-12(24(3,20)21)14(9(10)2)25(4,22)23/h7-8,10,16H,5-6H2,1-4H3. The fourth-order valence-corrected chi connectivity index (χ4v) is 5.93.